The van der Waals surface area contributed by atoms with E-state index in [9.17, 15) is 12.8 Å². The molecule has 1 saturated heterocycles. The minimum atomic E-state index is -2.85. The Labute approximate surface area is 137 Å². The summed E-state index contributed by atoms with van der Waals surface area (Å²) in [4.78, 5) is 4.48. The number of nitrogens with zero attached hydrogens (tertiary/aromatic N) is 1. The summed E-state index contributed by atoms with van der Waals surface area (Å²) in [6, 6.07) is 6.44. The molecule has 0 amide bonds. The van der Waals surface area contributed by atoms with Crippen molar-refractivity contribution in [1.82, 2.24) is 10.6 Å². The summed E-state index contributed by atoms with van der Waals surface area (Å²) in [6.07, 6.45) is 1.46. The van der Waals surface area contributed by atoms with Crippen LogP contribution in [0.5, 0.6) is 0 Å². The second-order valence-electron chi connectivity index (χ2n) is 5.79. The van der Waals surface area contributed by atoms with E-state index >= 15 is 0 Å². The summed E-state index contributed by atoms with van der Waals surface area (Å²) >= 11 is 0. The first-order valence-electron chi connectivity index (χ1n) is 7.95. The largest absolute Gasteiger partial charge is 0.357 e. The maximum atomic E-state index is 12.9. The third-order valence-corrected chi connectivity index (χ3v) is 5.63. The summed E-state index contributed by atoms with van der Waals surface area (Å²) < 4.78 is 35.8. The molecular formula is C16H24FN3O2S. The number of sulfone groups is 1. The highest BCUT2D eigenvalue weighted by Crippen LogP contribution is 2.18. The highest BCUT2D eigenvalue weighted by molar-refractivity contribution is 7.91. The van der Waals surface area contributed by atoms with Crippen molar-refractivity contribution in [3.05, 3.63) is 35.6 Å². The van der Waals surface area contributed by atoms with E-state index in [2.05, 4.69) is 15.6 Å². The van der Waals surface area contributed by atoms with Crippen LogP contribution in [0.15, 0.2) is 29.3 Å². The number of aliphatic imine (C=N–C) groups is 1. The van der Waals surface area contributed by atoms with Crippen LogP contribution in [0.4, 0.5) is 4.39 Å². The molecule has 0 saturated carbocycles. The summed E-state index contributed by atoms with van der Waals surface area (Å²) in [5.41, 5.74) is 1.05. The highest BCUT2D eigenvalue weighted by Gasteiger charge is 2.27. The van der Waals surface area contributed by atoms with Crippen LogP contribution in [0.3, 0.4) is 0 Å². The molecule has 0 radical (unpaired) electrons. The summed E-state index contributed by atoms with van der Waals surface area (Å²) in [5, 5.41) is 6.38. The monoisotopic (exact) mass is 341 g/mol. The first kappa shape index (κ1) is 17.7. The van der Waals surface area contributed by atoms with Gasteiger partial charge >= 0.3 is 0 Å². The topological polar surface area (TPSA) is 70.6 Å². The van der Waals surface area contributed by atoms with Crippen LogP contribution in [-0.2, 0) is 16.3 Å². The first-order valence-corrected chi connectivity index (χ1v) is 9.77. The van der Waals surface area contributed by atoms with E-state index in [1.807, 2.05) is 6.92 Å². The number of nitrogens with one attached hydrogen (secondary N) is 2. The van der Waals surface area contributed by atoms with Crippen LogP contribution >= 0.6 is 0 Å². The fourth-order valence-electron chi connectivity index (χ4n) is 2.55. The summed E-state index contributed by atoms with van der Waals surface area (Å²) in [7, 11) is -2.85. The van der Waals surface area contributed by atoms with Gasteiger partial charge in [0, 0.05) is 19.6 Å². The number of halogens is 1. The molecule has 23 heavy (non-hydrogen) atoms. The molecule has 2 rings (SSSR count). The van der Waals surface area contributed by atoms with E-state index in [0.717, 1.165) is 18.5 Å². The van der Waals surface area contributed by atoms with E-state index in [1.165, 1.54) is 12.1 Å². The molecule has 1 aromatic rings. The molecule has 0 spiro atoms. The maximum Gasteiger partial charge on any atom is 0.191 e. The molecule has 1 aromatic carbocycles. The smallest absolute Gasteiger partial charge is 0.191 e. The Morgan fingerprint density at radius 1 is 1.30 bits per heavy atom. The molecule has 1 heterocycles. The lowest BCUT2D eigenvalue weighted by molar-refractivity contribution is 0.589. The lowest BCUT2D eigenvalue weighted by atomic mass is 10.1. The van der Waals surface area contributed by atoms with Crippen molar-refractivity contribution in [2.45, 2.75) is 19.8 Å². The molecule has 1 aliphatic rings. The number of hydrogen-bond donors (Lipinski definition) is 2. The molecule has 1 atom stereocenters. The molecule has 0 aromatic heterocycles. The molecule has 5 nitrogen and oxygen atoms in total. The van der Waals surface area contributed by atoms with Crippen molar-refractivity contribution in [3.63, 3.8) is 0 Å². The maximum absolute atomic E-state index is 12.9. The Hall–Kier alpha value is -1.63. The second-order valence-corrected chi connectivity index (χ2v) is 8.02. The van der Waals surface area contributed by atoms with Gasteiger partial charge in [0.25, 0.3) is 0 Å². The standard InChI is InChI=1S/C16H24FN3O2S/c1-2-18-16(20-11-14-8-10-23(21,22)12-14)19-9-7-13-3-5-15(17)6-4-13/h3-6,14H,2,7-12H2,1H3,(H2,18,19,20). The van der Waals surface area contributed by atoms with Crippen LogP contribution < -0.4 is 10.6 Å². The van der Waals surface area contributed by atoms with Crippen LogP contribution in [0.25, 0.3) is 0 Å². The lowest BCUT2D eigenvalue weighted by Gasteiger charge is -2.12. The lowest BCUT2D eigenvalue weighted by Crippen LogP contribution is -2.38. The number of benzene rings is 1. The van der Waals surface area contributed by atoms with Gasteiger partial charge in [-0.2, -0.15) is 0 Å². The zero-order valence-electron chi connectivity index (χ0n) is 13.4. The van der Waals surface area contributed by atoms with Gasteiger partial charge in [0.05, 0.1) is 11.5 Å². The fourth-order valence-corrected chi connectivity index (χ4v) is 4.40. The van der Waals surface area contributed by atoms with Crippen molar-refractivity contribution in [1.29, 1.82) is 0 Å². The zero-order chi connectivity index (χ0) is 16.7. The summed E-state index contributed by atoms with van der Waals surface area (Å²) in [6.45, 7) is 3.92. The van der Waals surface area contributed by atoms with Crippen LogP contribution in [-0.4, -0.2) is 45.5 Å². The average molecular weight is 341 g/mol. The minimum Gasteiger partial charge on any atom is -0.357 e. The Morgan fingerprint density at radius 3 is 2.65 bits per heavy atom. The number of guanidine groups is 1. The van der Waals surface area contributed by atoms with Gasteiger partial charge in [-0.15, -0.1) is 0 Å². The van der Waals surface area contributed by atoms with Gasteiger partial charge in [-0.25, -0.2) is 12.8 Å². The molecule has 1 fully saturated rings. The number of hydrogen-bond acceptors (Lipinski definition) is 3. The van der Waals surface area contributed by atoms with Crippen LogP contribution in [0.2, 0.25) is 0 Å². The zero-order valence-corrected chi connectivity index (χ0v) is 14.2. The van der Waals surface area contributed by atoms with Crippen molar-refractivity contribution < 1.29 is 12.8 Å². The van der Waals surface area contributed by atoms with Gasteiger partial charge in [0.15, 0.2) is 15.8 Å². The molecular weight excluding hydrogens is 317 g/mol. The Kier molecular flexibility index (Phi) is 6.38. The molecule has 128 valence electrons. The SMILES string of the molecule is CCNC(=NCC1CCS(=O)(=O)C1)NCCc1ccc(F)cc1. The van der Waals surface area contributed by atoms with Gasteiger partial charge in [-0.1, -0.05) is 12.1 Å². The van der Waals surface area contributed by atoms with Crippen molar-refractivity contribution >= 4 is 15.8 Å². The van der Waals surface area contributed by atoms with Crippen LogP contribution in [0, 0.1) is 11.7 Å². The van der Waals surface area contributed by atoms with Crippen molar-refractivity contribution in [3.8, 4) is 0 Å². The third kappa shape index (κ3) is 6.17. The van der Waals surface area contributed by atoms with Crippen molar-refractivity contribution in [2.75, 3.05) is 31.1 Å². The van der Waals surface area contributed by atoms with E-state index in [4.69, 9.17) is 0 Å². The molecule has 0 aliphatic carbocycles. The molecule has 2 N–H and O–H groups in total. The number of rotatable bonds is 6. The quantitative estimate of drug-likeness (QED) is 0.605. The Morgan fingerprint density at radius 2 is 2.04 bits per heavy atom. The first-order chi connectivity index (χ1) is 11.0. The fraction of sp³-hybridized carbons (Fsp3) is 0.562. The van der Waals surface area contributed by atoms with Gasteiger partial charge in [-0.05, 0) is 43.4 Å². The molecule has 1 aliphatic heterocycles. The second kappa shape index (κ2) is 8.29. The van der Waals surface area contributed by atoms with Crippen LogP contribution in [0.1, 0.15) is 18.9 Å². The highest BCUT2D eigenvalue weighted by atomic mass is 32.2. The van der Waals surface area contributed by atoms with Gasteiger partial charge < -0.3 is 10.6 Å². The summed E-state index contributed by atoms with van der Waals surface area (Å²) in [5.74, 6) is 1.10. The normalized spacial score (nSPS) is 20.4. The van der Waals surface area contributed by atoms with Gasteiger partial charge in [0.1, 0.15) is 5.82 Å². The molecule has 1 unspecified atom stereocenters. The Bertz CT molecular complexity index is 629. The molecule has 0 bridgehead atoms. The third-order valence-electron chi connectivity index (χ3n) is 3.80. The van der Waals surface area contributed by atoms with E-state index < -0.39 is 9.84 Å². The predicted octanol–water partition coefficient (Wildman–Crippen LogP) is 1.36. The van der Waals surface area contributed by atoms with Gasteiger partial charge in [0.2, 0.25) is 0 Å². The van der Waals surface area contributed by atoms with E-state index in [1.54, 1.807) is 12.1 Å². The Balaban J connectivity index is 1.80. The van der Waals surface area contributed by atoms with Gasteiger partial charge in [-0.3, -0.25) is 4.99 Å². The predicted molar refractivity (Wildman–Crippen MR) is 90.8 cm³/mol. The van der Waals surface area contributed by atoms with E-state index in [0.29, 0.717) is 25.5 Å². The molecule has 7 heteroatoms. The average Bonchev–Trinajstić information content (AvgIpc) is 2.86. The van der Waals surface area contributed by atoms with E-state index in [-0.39, 0.29) is 23.2 Å². The van der Waals surface area contributed by atoms with Crippen molar-refractivity contribution in [2.24, 2.45) is 10.9 Å². The minimum absolute atomic E-state index is 0.118.